The van der Waals surface area contributed by atoms with E-state index >= 15 is 0 Å². The molecule has 72 valence electrons. The standard InChI is InChI=1S/C9H21N3/c1-5-8-12(7-3)9(10)11(4)6-2/h10H,5-8H2,1-4H3. The minimum absolute atomic E-state index is 0.641. The third-order valence-corrected chi connectivity index (χ3v) is 2.01. The van der Waals surface area contributed by atoms with Gasteiger partial charge in [-0.2, -0.15) is 0 Å². The highest BCUT2D eigenvalue weighted by molar-refractivity contribution is 5.76. The lowest BCUT2D eigenvalue weighted by Gasteiger charge is -2.29. The topological polar surface area (TPSA) is 30.3 Å². The quantitative estimate of drug-likeness (QED) is 0.514. The first-order valence-corrected chi connectivity index (χ1v) is 4.71. The van der Waals surface area contributed by atoms with Crippen LogP contribution in [0.5, 0.6) is 0 Å². The Morgan fingerprint density at radius 3 is 2.08 bits per heavy atom. The van der Waals surface area contributed by atoms with E-state index in [9.17, 15) is 0 Å². The smallest absolute Gasteiger partial charge is 0.193 e. The zero-order valence-corrected chi connectivity index (χ0v) is 8.72. The van der Waals surface area contributed by atoms with Crippen LogP contribution in [0.25, 0.3) is 0 Å². The first-order chi connectivity index (χ1) is 5.67. The molecule has 0 saturated carbocycles. The second kappa shape index (κ2) is 5.86. The van der Waals surface area contributed by atoms with E-state index in [0.717, 1.165) is 26.1 Å². The Hall–Kier alpha value is -0.730. The summed E-state index contributed by atoms with van der Waals surface area (Å²) in [5.41, 5.74) is 0. The van der Waals surface area contributed by atoms with Crippen LogP contribution in [-0.2, 0) is 0 Å². The van der Waals surface area contributed by atoms with Crippen molar-refractivity contribution in [1.82, 2.24) is 9.80 Å². The van der Waals surface area contributed by atoms with E-state index in [0.29, 0.717) is 5.96 Å². The number of hydrogen-bond donors (Lipinski definition) is 1. The van der Waals surface area contributed by atoms with E-state index in [2.05, 4.69) is 25.7 Å². The summed E-state index contributed by atoms with van der Waals surface area (Å²) in [5, 5.41) is 7.81. The largest absolute Gasteiger partial charge is 0.346 e. The van der Waals surface area contributed by atoms with Crippen molar-refractivity contribution in [2.24, 2.45) is 0 Å². The van der Waals surface area contributed by atoms with Crippen molar-refractivity contribution in [2.75, 3.05) is 26.7 Å². The fourth-order valence-corrected chi connectivity index (χ4v) is 1.07. The molecule has 0 fully saturated rings. The van der Waals surface area contributed by atoms with Crippen molar-refractivity contribution >= 4 is 5.96 Å². The van der Waals surface area contributed by atoms with Crippen molar-refractivity contribution in [1.29, 1.82) is 5.41 Å². The average molecular weight is 171 g/mol. The highest BCUT2D eigenvalue weighted by Crippen LogP contribution is 1.96. The van der Waals surface area contributed by atoms with E-state index in [1.165, 1.54) is 0 Å². The predicted octanol–water partition coefficient (Wildman–Crippen LogP) is 1.60. The van der Waals surface area contributed by atoms with Crippen LogP contribution in [0.3, 0.4) is 0 Å². The highest BCUT2D eigenvalue weighted by atomic mass is 15.3. The summed E-state index contributed by atoms with van der Waals surface area (Å²) < 4.78 is 0. The molecule has 0 aromatic heterocycles. The second-order valence-electron chi connectivity index (χ2n) is 2.92. The number of hydrogen-bond acceptors (Lipinski definition) is 1. The first-order valence-electron chi connectivity index (χ1n) is 4.71. The van der Waals surface area contributed by atoms with Crippen LogP contribution in [0.15, 0.2) is 0 Å². The molecule has 0 unspecified atom stereocenters. The molecule has 0 amide bonds. The molecule has 0 aliphatic heterocycles. The average Bonchev–Trinajstić information content (AvgIpc) is 2.11. The van der Waals surface area contributed by atoms with Crippen molar-refractivity contribution < 1.29 is 0 Å². The minimum Gasteiger partial charge on any atom is -0.346 e. The second-order valence-corrected chi connectivity index (χ2v) is 2.92. The number of nitrogens with one attached hydrogen (secondary N) is 1. The molecule has 0 bridgehead atoms. The molecule has 0 aliphatic rings. The van der Waals surface area contributed by atoms with Gasteiger partial charge in [0, 0.05) is 26.7 Å². The van der Waals surface area contributed by atoms with Crippen LogP contribution in [0.1, 0.15) is 27.2 Å². The molecule has 0 atom stereocenters. The van der Waals surface area contributed by atoms with Crippen LogP contribution in [-0.4, -0.2) is 42.4 Å². The van der Waals surface area contributed by atoms with Gasteiger partial charge in [0.15, 0.2) is 5.96 Å². The lowest BCUT2D eigenvalue weighted by atomic mass is 10.4. The summed E-state index contributed by atoms with van der Waals surface area (Å²) in [7, 11) is 1.96. The van der Waals surface area contributed by atoms with E-state index in [-0.39, 0.29) is 0 Å². The van der Waals surface area contributed by atoms with Gasteiger partial charge >= 0.3 is 0 Å². The predicted molar refractivity (Wildman–Crippen MR) is 53.6 cm³/mol. The fourth-order valence-electron chi connectivity index (χ4n) is 1.07. The van der Waals surface area contributed by atoms with E-state index < -0.39 is 0 Å². The van der Waals surface area contributed by atoms with Gasteiger partial charge in [-0.1, -0.05) is 6.92 Å². The van der Waals surface area contributed by atoms with Gasteiger partial charge in [0.2, 0.25) is 0 Å². The summed E-state index contributed by atoms with van der Waals surface area (Å²) in [6, 6.07) is 0. The molecular weight excluding hydrogens is 150 g/mol. The molecule has 0 saturated heterocycles. The highest BCUT2D eigenvalue weighted by Gasteiger charge is 2.08. The normalized spacial score (nSPS) is 9.67. The van der Waals surface area contributed by atoms with E-state index in [4.69, 9.17) is 5.41 Å². The Balaban J connectivity index is 4.01. The van der Waals surface area contributed by atoms with Crippen LogP contribution in [0.2, 0.25) is 0 Å². The van der Waals surface area contributed by atoms with Crippen molar-refractivity contribution in [3.05, 3.63) is 0 Å². The van der Waals surface area contributed by atoms with Crippen LogP contribution >= 0.6 is 0 Å². The molecule has 1 N–H and O–H groups in total. The lowest BCUT2D eigenvalue weighted by molar-refractivity contribution is 0.359. The third-order valence-electron chi connectivity index (χ3n) is 2.01. The maximum Gasteiger partial charge on any atom is 0.193 e. The van der Waals surface area contributed by atoms with Crippen molar-refractivity contribution in [2.45, 2.75) is 27.2 Å². The SMILES string of the molecule is CCCN(CC)C(=N)N(C)CC. The van der Waals surface area contributed by atoms with Gasteiger partial charge < -0.3 is 9.80 Å². The van der Waals surface area contributed by atoms with Gasteiger partial charge in [-0.3, -0.25) is 5.41 Å². The van der Waals surface area contributed by atoms with Gasteiger partial charge in [-0.05, 0) is 20.3 Å². The van der Waals surface area contributed by atoms with Crippen molar-refractivity contribution in [3.8, 4) is 0 Å². The number of rotatable bonds is 4. The van der Waals surface area contributed by atoms with E-state index in [1.54, 1.807) is 0 Å². The molecule has 0 spiro atoms. The molecular formula is C9H21N3. The Kier molecular flexibility index (Phi) is 5.51. The number of guanidine groups is 1. The summed E-state index contributed by atoms with van der Waals surface area (Å²) in [6.07, 6.45) is 1.10. The Bertz CT molecular complexity index is 134. The molecule has 0 aliphatic carbocycles. The zero-order valence-electron chi connectivity index (χ0n) is 8.72. The van der Waals surface area contributed by atoms with Gasteiger partial charge in [0.1, 0.15) is 0 Å². The molecule has 0 rings (SSSR count). The summed E-state index contributed by atoms with van der Waals surface area (Å²) in [4.78, 5) is 4.04. The minimum atomic E-state index is 0.641. The summed E-state index contributed by atoms with van der Waals surface area (Å²) in [6.45, 7) is 9.11. The first kappa shape index (κ1) is 11.3. The zero-order chi connectivity index (χ0) is 9.56. The molecule has 3 heteroatoms. The molecule has 3 nitrogen and oxygen atoms in total. The Morgan fingerprint density at radius 1 is 1.17 bits per heavy atom. The van der Waals surface area contributed by atoms with Crippen molar-refractivity contribution in [3.63, 3.8) is 0 Å². The molecule has 0 heterocycles. The molecule has 0 aromatic carbocycles. The van der Waals surface area contributed by atoms with Crippen LogP contribution in [0.4, 0.5) is 0 Å². The summed E-state index contributed by atoms with van der Waals surface area (Å²) in [5.74, 6) is 0.641. The fraction of sp³-hybridized carbons (Fsp3) is 0.889. The Morgan fingerprint density at radius 2 is 1.75 bits per heavy atom. The maximum atomic E-state index is 7.81. The molecule has 0 radical (unpaired) electrons. The Labute approximate surface area is 75.9 Å². The lowest BCUT2D eigenvalue weighted by Crippen LogP contribution is -2.41. The van der Waals surface area contributed by atoms with Gasteiger partial charge in [-0.25, -0.2) is 0 Å². The molecule has 12 heavy (non-hydrogen) atoms. The van der Waals surface area contributed by atoms with Crippen LogP contribution in [0, 0.1) is 5.41 Å². The van der Waals surface area contributed by atoms with Crippen LogP contribution < -0.4 is 0 Å². The monoisotopic (exact) mass is 171 g/mol. The van der Waals surface area contributed by atoms with Gasteiger partial charge in [0.25, 0.3) is 0 Å². The van der Waals surface area contributed by atoms with Gasteiger partial charge in [0.05, 0.1) is 0 Å². The maximum absolute atomic E-state index is 7.81. The number of nitrogens with zero attached hydrogens (tertiary/aromatic N) is 2. The third kappa shape index (κ3) is 3.11. The van der Waals surface area contributed by atoms with Gasteiger partial charge in [-0.15, -0.1) is 0 Å². The summed E-state index contributed by atoms with van der Waals surface area (Å²) >= 11 is 0. The van der Waals surface area contributed by atoms with E-state index in [1.807, 2.05) is 11.9 Å². The molecule has 0 aromatic rings.